The number of cyclic esters (lactones) is 1. The van der Waals surface area contributed by atoms with Gasteiger partial charge in [-0.3, -0.25) is 4.79 Å². The van der Waals surface area contributed by atoms with E-state index in [1.807, 2.05) is 13.8 Å². The average molecular weight is 142 g/mol. The van der Waals surface area contributed by atoms with Gasteiger partial charge < -0.3 is 9.84 Å². The molecule has 0 radical (unpaired) electrons. The Kier molecular flexibility index (Phi) is 0.844. The summed E-state index contributed by atoms with van der Waals surface area (Å²) in [7, 11) is 0. The van der Waals surface area contributed by atoms with Crippen molar-refractivity contribution in [1.82, 2.24) is 0 Å². The van der Waals surface area contributed by atoms with Crippen LogP contribution in [-0.4, -0.2) is 17.4 Å². The lowest BCUT2D eigenvalue weighted by Crippen LogP contribution is -2.18. The van der Waals surface area contributed by atoms with Crippen molar-refractivity contribution in [2.75, 3.05) is 0 Å². The highest BCUT2D eigenvalue weighted by atomic mass is 16.6. The van der Waals surface area contributed by atoms with Crippen LogP contribution in [0.4, 0.5) is 0 Å². The topological polar surface area (TPSA) is 46.5 Å². The predicted molar refractivity (Wildman–Crippen MR) is 32.9 cm³/mol. The van der Waals surface area contributed by atoms with Gasteiger partial charge in [0.2, 0.25) is 6.29 Å². The zero-order valence-corrected chi connectivity index (χ0v) is 6.00. The van der Waals surface area contributed by atoms with Crippen molar-refractivity contribution in [1.29, 1.82) is 0 Å². The lowest BCUT2D eigenvalue weighted by molar-refractivity contribution is -0.164. The average Bonchev–Trinajstić information content (AvgIpc) is 2.17. The highest BCUT2D eigenvalue weighted by Gasteiger charge is 2.71. The summed E-state index contributed by atoms with van der Waals surface area (Å²) in [5.74, 6) is -0.218. The van der Waals surface area contributed by atoms with Crippen molar-refractivity contribution in [2.24, 2.45) is 17.3 Å². The van der Waals surface area contributed by atoms with E-state index in [4.69, 9.17) is 5.11 Å². The molecule has 10 heavy (non-hydrogen) atoms. The molecule has 1 N–H and O–H groups in total. The second-order valence-corrected chi connectivity index (χ2v) is 3.65. The fourth-order valence-electron chi connectivity index (χ4n) is 1.93. The molecule has 0 amide bonds. The van der Waals surface area contributed by atoms with Crippen molar-refractivity contribution in [2.45, 2.75) is 20.1 Å². The Morgan fingerprint density at radius 1 is 1.60 bits per heavy atom. The predicted octanol–water partition coefficient (Wildman–Crippen LogP) is 0.134. The van der Waals surface area contributed by atoms with Crippen LogP contribution >= 0.6 is 0 Å². The minimum absolute atomic E-state index is 0.0191. The number of rotatable bonds is 0. The molecule has 3 atom stereocenters. The van der Waals surface area contributed by atoms with Gasteiger partial charge >= 0.3 is 5.97 Å². The summed E-state index contributed by atoms with van der Waals surface area (Å²) < 4.78 is 4.58. The normalized spacial score (nSPS) is 48.3. The van der Waals surface area contributed by atoms with E-state index in [0.29, 0.717) is 0 Å². The first-order valence-electron chi connectivity index (χ1n) is 3.43. The van der Waals surface area contributed by atoms with E-state index in [0.717, 1.165) is 0 Å². The highest BCUT2D eigenvalue weighted by Crippen LogP contribution is 2.63. The fourth-order valence-corrected chi connectivity index (χ4v) is 1.93. The smallest absolute Gasteiger partial charge is 0.312 e. The molecule has 1 aliphatic heterocycles. The van der Waals surface area contributed by atoms with Gasteiger partial charge in [0.15, 0.2) is 0 Å². The zero-order chi connectivity index (χ0) is 7.52. The van der Waals surface area contributed by atoms with Gasteiger partial charge in [-0.15, -0.1) is 0 Å². The maximum absolute atomic E-state index is 10.9. The number of aliphatic hydroxyl groups is 1. The first kappa shape index (κ1) is 6.16. The van der Waals surface area contributed by atoms with Crippen LogP contribution in [0.5, 0.6) is 0 Å². The van der Waals surface area contributed by atoms with E-state index in [9.17, 15) is 4.79 Å². The Morgan fingerprint density at radius 3 is 2.40 bits per heavy atom. The Balaban J connectivity index is 2.25. The Morgan fingerprint density at radius 2 is 2.20 bits per heavy atom. The molecule has 0 unspecified atom stereocenters. The molecule has 0 spiro atoms. The van der Waals surface area contributed by atoms with Gasteiger partial charge in [0.05, 0.1) is 5.92 Å². The summed E-state index contributed by atoms with van der Waals surface area (Å²) in [4.78, 5) is 10.9. The number of carbonyl (C=O) groups is 1. The third-order valence-electron chi connectivity index (χ3n) is 2.71. The number of aliphatic hydroxyl groups excluding tert-OH is 1. The summed E-state index contributed by atoms with van der Waals surface area (Å²) >= 11 is 0. The van der Waals surface area contributed by atoms with Gasteiger partial charge in [0, 0.05) is 5.92 Å². The molecule has 56 valence electrons. The summed E-state index contributed by atoms with van der Waals surface area (Å²) in [5, 5.41) is 9.10. The van der Waals surface area contributed by atoms with E-state index in [1.165, 1.54) is 0 Å². The van der Waals surface area contributed by atoms with E-state index in [1.54, 1.807) is 0 Å². The van der Waals surface area contributed by atoms with Crippen molar-refractivity contribution < 1.29 is 14.6 Å². The molecule has 2 rings (SSSR count). The van der Waals surface area contributed by atoms with E-state index < -0.39 is 6.29 Å². The monoisotopic (exact) mass is 142 g/mol. The fraction of sp³-hybridized carbons (Fsp3) is 0.857. The van der Waals surface area contributed by atoms with E-state index in [2.05, 4.69) is 4.74 Å². The van der Waals surface area contributed by atoms with E-state index >= 15 is 0 Å². The second-order valence-electron chi connectivity index (χ2n) is 3.65. The third kappa shape index (κ3) is 0.475. The number of carbonyl (C=O) groups excluding carboxylic acids is 1. The minimum atomic E-state index is -0.840. The van der Waals surface area contributed by atoms with Crippen molar-refractivity contribution >= 4 is 5.97 Å². The molecule has 1 saturated heterocycles. The van der Waals surface area contributed by atoms with Crippen molar-refractivity contribution in [3.8, 4) is 0 Å². The van der Waals surface area contributed by atoms with Gasteiger partial charge in [-0.25, -0.2) is 0 Å². The van der Waals surface area contributed by atoms with Gasteiger partial charge in [-0.2, -0.15) is 0 Å². The Hall–Kier alpha value is -0.570. The molecule has 1 heterocycles. The quantitative estimate of drug-likeness (QED) is 0.489. The first-order valence-corrected chi connectivity index (χ1v) is 3.43. The van der Waals surface area contributed by atoms with Crippen LogP contribution in [0.2, 0.25) is 0 Å². The van der Waals surface area contributed by atoms with Crippen LogP contribution in [0.15, 0.2) is 0 Å². The number of ether oxygens (including phenoxy) is 1. The summed E-state index contributed by atoms with van der Waals surface area (Å²) in [5.41, 5.74) is -0.0191. The lowest BCUT2D eigenvalue weighted by Gasteiger charge is -2.11. The lowest BCUT2D eigenvalue weighted by atomic mass is 10.1. The SMILES string of the molecule is CC1(C)[C@@H]2[C@H]1C(=O)O[C@@H]2O. The molecule has 2 fully saturated rings. The molecule has 0 aromatic heterocycles. The molecule has 2 aliphatic rings. The van der Waals surface area contributed by atoms with Gasteiger partial charge in [-0.05, 0) is 5.41 Å². The van der Waals surface area contributed by atoms with Gasteiger partial charge in [0.25, 0.3) is 0 Å². The van der Waals surface area contributed by atoms with Crippen molar-refractivity contribution in [3.63, 3.8) is 0 Å². The second kappa shape index (κ2) is 1.37. The molecule has 0 aromatic carbocycles. The minimum Gasteiger partial charge on any atom is -0.435 e. The van der Waals surface area contributed by atoms with Gasteiger partial charge in [0.1, 0.15) is 0 Å². The maximum Gasteiger partial charge on any atom is 0.312 e. The molecule has 3 nitrogen and oxygen atoms in total. The van der Waals surface area contributed by atoms with Gasteiger partial charge in [-0.1, -0.05) is 13.8 Å². The molecule has 0 bridgehead atoms. The summed E-state index contributed by atoms with van der Waals surface area (Å²) in [6, 6.07) is 0. The zero-order valence-electron chi connectivity index (χ0n) is 6.00. The largest absolute Gasteiger partial charge is 0.435 e. The first-order chi connectivity index (χ1) is 4.55. The molecule has 0 aromatic rings. The Labute approximate surface area is 59.0 Å². The maximum atomic E-state index is 10.9. The summed E-state index contributed by atoms with van der Waals surface area (Å²) in [6.07, 6.45) is -0.840. The van der Waals surface area contributed by atoms with Crippen LogP contribution in [0.3, 0.4) is 0 Å². The molecule has 3 heteroatoms. The highest BCUT2D eigenvalue weighted by molar-refractivity contribution is 5.80. The third-order valence-corrected chi connectivity index (χ3v) is 2.71. The number of hydrogen-bond acceptors (Lipinski definition) is 3. The standard InChI is InChI=1S/C7H10O3/c1-7(2)3-4(7)6(9)10-5(3)8/h3-5,8H,1-2H3/t3-,4+,5+/m1/s1. The van der Waals surface area contributed by atoms with Crippen LogP contribution < -0.4 is 0 Å². The van der Waals surface area contributed by atoms with E-state index in [-0.39, 0.29) is 23.2 Å². The van der Waals surface area contributed by atoms with Crippen LogP contribution in [0, 0.1) is 17.3 Å². The summed E-state index contributed by atoms with van der Waals surface area (Å²) in [6.45, 7) is 3.96. The number of fused-ring (bicyclic) bond motifs is 1. The van der Waals surface area contributed by atoms with Crippen molar-refractivity contribution in [3.05, 3.63) is 0 Å². The molecule has 1 saturated carbocycles. The molecule has 1 aliphatic carbocycles. The van der Waals surface area contributed by atoms with Crippen LogP contribution in [-0.2, 0) is 9.53 Å². The van der Waals surface area contributed by atoms with Crippen LogP contribution in [0.25, 0.3) is 0 Å². The molecular weight excluding hydrogens is 132 g/mol. The van der Waals surface area contributed by atoms with Crippen LogP contribution in [0.1, 0.15) is 13.8 Å². The molecular formula is C7H10O3. The number of esters is 1. The number of hydrogen-bond donors (Lipinski definition) is 1. The Bertz CT molecular complexity index is 197.